The maximum absolute atomic E-state index is 13.4. The Morgan fingerprint density at radius 3 is 2.38 bits per heavy atom. The van der Waals surface area contributed by atoms with Gasteiger partial charge in [0.2, 0.25) is 0 Å². The van der Waals surface area contributed by atoms with E-state index in [4.69, 9.17) is 5.73 Å². The van der Waals surface area contributed by atoms with Gasteiger partial charge < -0.3 is 11.1 Å². The first-order chi connectivity index (χ1) is 7.58. The second-order valence-corrected chi connectivity index (χ2v) is 4.45. The largest absolute Gasteiger partial charge is 0.328 e. The van der Waals surface area contributed by atoms with Crippen molar-refractivity contribution in [2.24, 2.45) is 5.73 Å². The van der Waals surface area contributed by atoms with Gasteiger partial charge in [-0.05, 0) is 31.9 Å². The fourth-order valence-electron chi connectivity index (χ4n) is 2.16. The van der Waals surface area contributed by atoms with E-state index in [-0.39, 0.29) is 23.7 Å². The number of nitrogens with two attached hydrogens (primary N) is 1. The van der Waals surface area contributed by atoms with Crippen LogP contribution >= 0.6 is 0 Å². The lowest BCUT2D eigenvalue weighted by molar-refractivity contribution is 0.268. The van der Waals surface area contributed by atoms with Crippen molar-refractivity contribution in [3.05, 3.63) is 35.4 Å². The van der Waals surface area contributed by atoms with E-state index in [1.54, 1.807) is 6.92 Å². The zero-order valence-corrected chi connectivity index (χ0v) is 9.21. The molecular weight excluding hydrogens is 210 g/mol. The van der Waals surface area contributed by atoms with E-state index in [9.17, 15) is 8.78 Å². The predicted molar refractivity (Wildman–Crippen MR) is 58.9 cm³/mol. The maximum atomic E-state index is 13.4. The van der Waals surface area contributed by atoms with Crippen molar-refractivity contribution < 1.29 is 8.78 Å². The van der Waals surface area contributed by atoms with Crippen molar-refractivity contribution in [1.82, 2.24) is 5.32 Å². The Hall–Kier alpha value is -1.00. The normalized spacial score (nSPS) is 26.2. The summed E-state index contributed by atoms with van der Waals surface area (Å²) in [6.07, 6.45) is 1.75. The number of halogens is 2. The molecule has 16 heavy (non-hydrogen) atoms. The molecule has 2 rings (SSSR count). The third-order valence-corrected chi connectivity index (χ3v) is 3.09. The first kappa shape index (κ1) is 11.5. The van der Waals surface area contributed by atoms with Crippen LogP contribution in [0.3, 0.4) is 0 Å². The molecule has 1 unspecified atom stereocenters. The van der Waals surface area contributed by atoms with Crippen molar-refractivity contribution in [2.45, 2.75) is 37.9 Å². The van der Waals surface area contributed by atoms with E-state index in [0.717, 1.165) is 12.8 Å². The number of hydrogen-bond donors (Lipinski definition) is 2. The Morgan fingerprint density at radius 2 is 1.88 bits per heavy atom. The molecule has 0 aromatic heterocycles. The van der Waals surface area contributed by atoms with Gasteiger partial charge in [0.1, 0.15) is 11.6 Å². The van der Waals surface area contributed by atoms with Crippen LogP contribution in [0.5, 0.6) is 0 Å². The van der Waals surface area contributed by atoms with Gasteiger partial charge >= 0.3 is 0 Å². The van der Waals surface area contributed by atoms with Crippen LogP contribution in [0.25, 0.3) is 0 Å². The smallest absolute Gasteiger partial charge is 0.130 e. The van der Waals surface area contributed by atoms with E-state index in [1.165, 1.54) is 18.2 Å². The molecule has 0 bridgehead atoms. The highest BCUT2D eigenvalue weighted by Crippen LogP contribution is 2.25. The molecule has 0 amide bonds. The zero-order chi connectivity index (χ0) is 11.7. The molecule has 1 aliphatic rings. The van der Waals surface area contributed by atoms with Crippen LogP contribution in [0.15, 0.2) is 18.2 Å². The van der Waals surface area contributed by atoms with Crippen molar-refractivity contribution in [2.75, 3.05) is 0 Å². The maximum Gasteiger partial charge on any atom is 0.130 e. The van der Waals surface area contributed by atoms with E-state index in [2.05, 4.69) is 5.32 Å². The molecule has 0 radical (unpaired) electrons. The highest BCUT2D eigenvalue weighted by atomic mass is 19.1. The Labute approximate surface area is 93.8 Å². The van der Waals surface area contributed by atoms with E-state index >= 15 is 0 Å². The van der Waals surface area contributed by atoms with Crippen LogP contribution < -0.4 is 11.1 Å². The van der Waals surface area contributed by atoms with Gasteiger partial charge in [-0.1, -0.05) is 6.07 Å². The zero-order valence-electron chi connectivity index (χ0n) is 9.21. The van der Waals surface area contributed by atoms with Crippen LogP contribution in [0, 0.1) is 11.6 Å². The van der Waals surface area contributed by atoms with E-state index < -0.39 is 11.6 Å². The quantitative estimate of drug-likeness (QED) is 0.828. The van der Waals surface area contributed by atoms with Crippen LogP contribution in [-0.2, 0) is 0 Å². The Bertz CT molecular complexity index is 355. The summed E-state index contributed by atoms with van der Waals surface area (Å²) in [5.74, 6) is -0.993. The SMILES string of the molecule is CC(NC1CC(N)C1)c1c(F)cccc1F. The fraction of sp³-hybridized carbons (Fsp3) is 0.500. The molecular formula is C12H16F2N2. The van der Waals surface area contributed by atoms with Gasteiger partial charge in [0.05, 0.1) is 0 Å². The molecule has 1 fully saturated rings. The minimum absolute atomic E-state index is 0.114. The van der Waals surface area contributed by atoms with Crippen LogP contribution in [0.2, 0.25) is 0 Å². The monoisotopic (exact) mass is 226 g/mol. The summed E-state index contributed by atoms with van der Waals surface area (Å²) < 4.78 is 26.9. The Kier molecular flexibility index (Phi) is 3.21. The molecule has 0 aliphatic heterocycles. The molecule has 1 aromatic carbocycles. The standard InChI is InChI=1S/C12H16F2N2/c1-7(16-9-5-8(15)6-9)12-10(13)3-2-4-11(12)14/h2-4,7-9,16H,5-6,15H2,1H3. The third kappa shape index (κ3) is 2.23. The van der Waals surface area contributed by atoms with Crippen molar-refractivity contribution in [3.8, 4) is 0 Å². The van der Waals surface area contributed by atoms with Gasteiger partial charge in [0, 0.05) is 23.7 Å². The lowest BCUT2D eigenvalue weighted by Gasteiger charge is -2.35. The molecule has 4 heteroatoms. The molecule has 0 spiro atoms. The fourth-order valence-corrected chi connectivity index (χ4v) is 2.16. The summed E-state index contributed by atoms with van der Waals surface area (Å²) >= 11 is 0. The first-order valence-corrected chi connectivity index (χ1v) is 5.53. The number of hydrogen-bond acceptors (Lipinski definition) is 2. The van der Waals surface area contributed by atoms with E-state index in [0.29, 0.717) is 0 Å². The van der Waals surface area contributed by atoms with Gasteiger partial charge in [-0.3, -0.25) is 0 Å². The van der Waals surface area contributed by atoms with Crippen molar-refractivity contribution >= 4 is 0 Å². The second kappa shape index (κ2) is 4.47. The Morgan fingerprint density at radius 1 is 1.31 bits per heavy atom. The number of rotatable bonds is 3. The number of benzene rings is 1. The number of nitrogens with one attached hydrogen (secondary N) is 1. The van der Waals surface area contributed by atoms with Crippen LogP contribution in [0.1, 0.15) is 31.4 Å². The molecule has 0 heterocycles. The first-order valence-electron chi connectivity index (χ1n) is 5.53. The van der Waals surface area contributed by atoms with Gasteiger partial charge in [-0.2, -0.15) is 0 Å². The predicted octanol–water partition coefficient (Wildman–Crippen LogP) is 2.11. The minimum atomic E-state index is -0.497. The minimum Gasteiger partial charge on any atom is -0.328 e. The summed E-state index contributed by atoms with van der Waals surface area (Å²) in [5, 5.41) is 3.18. The molecule has 1 aromatic rings. The third-order valence-electron chi connectivity index (χ3n) is 3.09. The highest BCUT2D eigenvalue weighted by molar-refractivity contribution is 5.23. The summed E-state index contributed by atoms with van der Waals surface area (Å²) in [6.45, 7) is 1.77. The molecule has 0 saturated heterocycles. The average molecular weight is 226 g/mol. The summed E-state index contributed by atoms with van der Waals surface area (Å²) in [4.78, 5) is 0. The topological polar surface area (TPSA) is 38.0 Å². The molecule has 88 valence electrons. The lowest BCUT2D eigenvalue weighted by atomic mass is 9.86. The van der Waals surface area contributed by atoms with Gasteiger partial charge in [0.15, 0.2) is 0 Å². The van der Waals surface area contributed by atoms with Crippen LogP contribution in [0.4, 0.5) is 8.78 Å². The highest BCUT2D eigenvalue weighted by Gasteiger charge is 2.28. The molecule has 1 aliphatic carbocycles. The molecule has 1 saturated carbocycles. The van der Waals surface area contributed by atoms with Crippen molar-refractivity contribution in [1.29, 1.82) is 0 Å². The van der Waals surface area contributed by atoms with Gasteiger partial charge in [-0.25, -0.2) is 8.78 Å². The summed E-state index contributed by atoms with van der Waals surface area (Å²) in [7, 11) is 0. The molecule has 1 atom stereocenters. The Balaban J connectivity index is 2.05. The molecule has 3 N–H and O–H groups in total. The van der Waals surface area contributed by atoms with Crippen LogP contribution in [-0.4, -0.2) is 12.1 Å². The van der Waals surface area contributed by atoms with Gasteiger partial charge in [-0.15, -0.1) is 0 Å². The summed E-state index contributed by atoms with van der Waals surface area (Å²) in [5.41, 5.74) is 5.77. The average Bonchev–Trinajstić information content (AvgIpc) is 2.15. The van der Waals surface area contributed by atoms with E-state index in [1.807, 2.05) is 0 Å². The molecule has 2 nitrogen and oxygen atoms in total. The summed E-state index contributed by atoms with van der Waals surface area (Å²) in [6, 6.07) is 4.13. The lowest BCUT2D eigenvalue weighted by Crippen LogP contribution is -2.49. The van der Waals surface area contributed by atoms with Gasteiger partial charge in [0.25, 0.3) is 0 Å². The van der Waals surface area contributed by atoms with Crippen molar-refractivity contribution in [3.63, 3.8) is 0 Å². The second-order valence-electron chi connectivity index (χ2n) is 4.45.